The van der Waals surface area contributed by atoms with Crippen LogP contribution in [0, 0.1) is 10.1 Å². The number of para-hydroxylation sites is 2. The van der Waals surface area contributed by atoms with Gasteiger partial charge in [-0.1, -0.05) is 66.7 Å². The zero-order valence-corrected chi connectivity index (χ0v) is 18.1. The van der Waals surface area contributed by atoms with E-state index < -0.39 is 0 Å². The number of hydrogen-bond donors (Lipinski definition) is 1. The van der Waals surface area contributed by atoms with Crippen LogP contribution in [0.5, 0.6) is 0 Å². The van der Waals surface area contributed by atoms with E-state index in [1.54, 1.807) is 12.1 Å². The number of hydrogen-bond acceptors (Lipinski definition) is 4. The Kier molecular flexibility index (Phi) is 4.70. The molecule has 6 heteroatoms. The number of anilines is 1. The van der Waals surface area contributed by atoms with Gasteiger partial charge in [0.05, 0.1) is 16.7 Å². The van der Waals surface area contributed by atoms with Gasteiger partial charge in [0, 0.05) is 51.6 Å². The second-order valence-electron chi connectivity index (χ2n) is 8.20. The summed E-state index contributed by atoms with van der Waals surface area (Å²) in [7, 11) is 0. The third-order valence-electron chi connectivity index (χ3n) is 6.21. The Labute approximate surface area is 196 Å². The number of nitrogens with zero attached hydrogens (tertiary/aromatic N) is 3. The Morgan fingerprint density at radius 3 is 2.29 bits per heavy atom. The Morgan fingerprint density at radius 1 is 0.824 bits per heavy atom. The molecule has 5 aromatic rings. The van der Waals surface area contributed by atoms with Crippen LogP contribution in [0.25, 0.3) is 10.9 Å². The molecule has 4 aromatic carbocycles. The predicted octanol–water partition coefficient (Wildman–Crippen LogP) is 6.76. The fourth-order valence-corrected chi connectivity index (χ4v) is 4.68. The third kappa shape index (κ3) is 3.24. The summed E-state index contributed by atoms with van der Waals surface area (Å²) in [4.78, 5) is 21.8. The predicted molar refractivity (Wildman–Crippen MR) is 135 cm³/mol. The molecule has 0 saturated heterocycles. The second kappa shape index (κ2) is 8.01. The highest BCUT2D eigenvalue weighted by Crippen LogP contribution is 2.44. The zero-order chi connectivity index (χ0) is 23.1. The number of nitrogens with one attached hydrogen (secondary N) is 1. The highest BCUT2D eigenvalue weighted by Gasteiger charge is 2.34. The number of non-ortho nitro benzene ring substituents is 1. The molecule has 1 aliphatic rings. The maximum Gasteiger partial charge on any atom is 0.270 e. The number of H-pyrrole nitrogens is 1. The summed E-state index contributed by atoms with van der Waals surface area (Å²) in [6.07, 6.45) is 1.96. The average Bonchev–Trinajstić information content (AvgIpc) is 3.31. The first-order valence-corrected chi connectivity index (χ1v) is 11.0. The molecule has 0 fully saturated rings. The fraction of sp³-hybridized carbons (Fsp3) is 0.0357. The van der Waals surface area contributed by atoms with Crippen molar-refractivity contribution in [3.63, 3.8) is 0 Å². The smallest absolute Gasteiger partial charge is 0.270 e. The Hall–Kier alpha value is -4.71. The van der Waals surface area contributed by atoms with Crippen molar-refractivity contribution < 1.29 is 4.92 Å². The number of aliphatic imine (C=N–C) groups is 1. The lowest BCUT2D eigenvalue weighted by molar-refractivity contribution is -0.384. The van der Waals surface area contributed by atoms with Crippen molar-refractivity contribution >= 4 is 33.8 Å². The minimum Gasteiger partial charge on any atom is -0.361 e. The lowest BCUT2D eigenvalue weighted by Gasteiger charge is -2.38. The first-order valence-electron chi connectivity index (χ1n) is 11.0. The summed E-state index contributed by atoms with van der Waals surface area (Å²) >= 11 is 0. The van der Waals surface area contributed by atoms with Crippen molar-refractivity contribution in [1.29, 1.82) is 0 Å². The molecule has 1 aromatic heterocycles. The van der Waals surface area contributed by atoms with Gasteiger partial charge >= 0.3 is 0 Å². The molecular weight excluding hydrogens is 424 g/mol. The molecule has 1 unspecified atom stereocenters. The highest BCUT2D eigenvalue weighted by molar-refractivity contribution is 6.13. The van der Waals surface area contributed by atoms with Crippen LogP contribution in [0.4, 0.5) is 17.1 Å². The Balaban J connectivity index is 1.65. The van der Waals surface area contributed by atoms with Gasteiger partial charge in [-0.05, 0) is 24.3 Å². The Bertz CT molecular complexity index is 1540. The van der Waals surface area contributed by atoms with Gasteiger partial charge in [0.15, 0.2) is 0 Å². The van der Waals surface area contributed by atoms with Crippen LogP contribution in [0.3, 0.4) is 0 Å². The molecular formula is C28H20N4O2. The lowest BCUT2D eigenvalue weighted by Crippen LogP contribution is -2.38. The van der Waals surface area contributed by atoms with E-state index in [9.17, 15) is 10.1 Å². The van der Waals surface area contributed by atoms with E-state index in [1.807, 2.05) is 60.8 Å². The van der Waals surface area contributed by atoms with Crippen molar-refractivity contribution in [2.75, 3.05) is 4.90 Å². The van der Waals surface area contributed by atoms with Gasteiger partial charge in [0.25, 0.3) is 5.69 Å². The molecule has 0 radical (unpaired) electrons. The van der Waals surface area contributed by atoms with Crippen LogP contribution < -0.4 is 4.90 Å². The van der Waals surface area contributed by atoms with Gasteiger partial charge in [0.2, 0.25) is 0 Å². The van der Waals surface area contributed by atoms with Crippen LogP contribution in [0.2, 0.25) is 0 Å². The molecule has 0 spiro atoms. The first kappa shape index (κ1) is 19.9. The molecule has 0 amide bonds. The van der Waals surface area contributed by atoms with Crippen molar-refractivity contribution in [2.45, 2.75) is 6.04 Å². The number of benzene rings is 4. The van der Waals surface area contributed by atoms with Crippen LogP contribution >= 0.6 is 0 Å². The maximum atomic E-state index is 11.5. The fourth-order valence-electron chi connectivity index (χ4n) is 4.68. The van der Waals surface area contributed by atoms with E-state index >= 15 is 0 Å². The van der Waals surface area contributed by atoms with Crippen LogP contribution in [0.1, 0.15) is 22.7 Å². The number of aromatic amines is 1. The zero-order valence-electron chi connectivity index (χ0n) is 18.1. The first-order chi connectivity index (χ1) is 16.7. The average molecular weight is 444 g/mol. The van der Waals surface area contributed by atoms with E-state index in [-0.39, 0.29) is 16.7 Å². The van der Waals surface area contributed by atoms with Crippen molar-refractivity contribution in [1.82, 2.24) is 4.98 Å². The molecule has 164 valence electrons. The summed E-state index contributed by atoms with van der Waals surface area (Å²) in [5.74, 6) is 0.829. The molecule has 0 saturated carbocycles. The summed E-state index contributed by atoms with van der Waals surface area (Å²) in [6.45, 7) is 0. The number of rotatable bonds is 4. The molecule has 6 nitrogen and oxygen atoms in total. The van der Waals surface area contributed by atoms with Crippen LogP contribution in [-0.2, 0) is 0 Å². The van der Waals surface area contributed by atoms with Crippen LogP contribution in [-0.4, -0.2) is 15.7 Å². The van der Waals surface area contributed by atoms with Gasteiger partial charge in [-0.15, -0.1) is 0 Å². The lowest BCUT2D eigenvalue weighted by atomic mass is 9.92. The van der Waals surface area contributed by atoms with E-state index in [2.05, 4.69) is 40.2 Å². The number of nitro benzene ring substituents is 1. The van der Waals surface area contributed by atoms with Gasteiger partial charge in [-0.2, -0.15) is 0 Å². The van der Waals surface area contributed by atoms with E-state index in [0.29, 0.717) is 0 Å². The largest absolute Gasteiger partial charge is 0.361 e. The van der Waals surface area contributed by atoms with Gasteiger partial charge < -0.3 is 9.88 Å². The van der Waals surface area contributed by atoms with Crippen molar-refractivity contribution in [2.24, 2.45) is 4.99 Å². The molecule has 0 aliphatic carbocycles. The minimum atomic E-state index is -0.350. The summed E-state index contributed by atoms with van der Waals surface area (Å²) in [6, 6.07) is 33.1. The monoisotopic (exact) mass is 444 g/mol. The normalized spacial score (nSPS) is 15.1. The van der Waals surface area contributed by atoms with Gasteiger partial charge in [-0.25, -0.2) is 4.99 Å². The molecule has 2 heterocycles. The quantitative estimate of drug-likeness (QED) is 0.246. The topological polar surface area (TPSA) is 74.5 Å². The Morgan fingerprint density at radius 2 is 1.53 bits per heavy atom. The van der Waals surface area contributed by atoms with Crippen molar-refractivity contribution in [3.8, 4) is 0 Å². The molecule has 1 N–H and O–H groups in total. The van der Waals surface area contributed by atoms with Crippen LogP contribution in [0.15, 0.2) is 114 Å². The van der Waals surface area contributed by atoms with E-state index in [1.165, 1.54) is 6.07 Å². The molecule has 0 bridgehead atoms. The molecule has 1 atom stereocenters. The standard InChI is InChI=1S/C28H20N4O2/c33-32(34)21-15-16-25-23(17-21)24(18-29-25)27-22-13-7-8-14-26(22)30-28(19-9-3-1-4-10-19)31(27)20-11-5-2-6-12-20/h1-18,27,29H. The SMILES string of the molecule is O=[N+]([O-])c1ccc2[nH]cc(C3c4ccccc4N=C(c4ccccc4)N3c3ccccc3)c2c1. The number of nitro groups is 1. The molecule has 6 rings (SSSR count). The van der Waals surface area contributed by atoms with E-state index in [0.717, 1.165) is 44.8 Å². The summed E-state index contributed by atoms with van der Waals surface area (Å²) < 4.78 is 0. The number of fused-ring (bicyclic) bond motifs is 2. The second-order valence-corrected chi connectivity index (χ2v) is 8.20. The summed E-state index contributed by atoms with van der Waals surface area (Å²) in [5.41, 5.74) is 5.80. The minimum absolute atomic E-state index is 0.0701. The maximum absolute atomic E-state index is 11.5. The van der Waals surface area contributed by atoms with Gasteiger partial charge in [-0.3, -0.25) is 10.1 Å². The third-order valence-corrected chi connectivity index (χ3v) is 6.21. The van der Waals surface area contributed by atoms with Gasteiger partial charge in [0.1, 0.15) is 5.84 Å². The van der Waals surface area contributed by atoms with E-state index in [4.69, 9.17) is 4.99 Å². The highest BCUT2D eigenvalue weighted by atomic mass is 16.6. The number of amidine groups is 1. The molecule has 34 heavy (non-hydrogen) atoms. The number of aromatic nitrogens is 1. The summed E-state index contributed by atoms with van der Waals surface area (Å²) in [5, 5.41) is 12.4. The molecule has 1 aliphatic heterocycles. The van der Waals surface area contributed by atoms with Crippen molar-refractivity contribution in [3.05, 3.63) is 136 Å².